The van der Waals surface area contributed by atoms with Crippen LogP contribution in [0.1, 0.15) is 26.2 Å². The molecule has 1 N–H and O–H groups in total. The summed E-state index contributed by atoms with van der Waals surface area (Å²) < 4.78 is 0. The van der Waals surface area contributed by atoms with E-state index in [1.54, 1.807) is 11.8 Å². The average Bonchev–Trinajstić information content (AvgIpc) is 2.06. The Bertz CT molecular complexity index is 153. The largest absolute Gasteiger partial charge is 0.344 e. The van der Waals surface area contributed by atoms with Crippen molar-refractivity contribution in [3.8, 4) is 0 Å². The third-order valence-corrected chi connectivity index (χ3v) is 2.44. The predicted octanol–water partition coefficient (Wildman–Crippen LogP) is 0.607. The number of carbonyl (C=O) groups is 1. The summed E-state index contributed by atoms with van der Waals surface area (Å²) in [7, 11) is 1.86. The van der Waals surface area contributed by atoms with Gasteiger partial charge in [0.2, 0.25) is 5.91 Å². The van der Waals surface area contributed by atoms with E-state index in [9.17, 15) is 4.79 Å². The van der Waals surface area contributed by atoms with Gasteiger partial charge in [-0.15, -0.1) is 0 Å². The van der Waals surface area contributed by atoms with E-state index in [1.165, 1.54) is 19.3 Å². The molecule has 0 aromatic heterocycles. The summed E-state index contributed by atoms with van der Waals surface area (Å²) in [4.78, 5) is 12.7. The number of nitrogens with zero attached hydrogens (tertiary/aromatic N) is 1. The number of hydrogen-bond acceptors (Lipinski definition) is 2. The molecule has 0 radical (unpaired) electrons. The van der Waals surface area contributed by atoms with Crippen molar-refractivity contribution in [2.45, 2.75) is 32.2 Å². The quantitative estimate of drug-likeness (QED) is 0.658. The minimum atomic E-state index is 0.155. The second-order valence-electron chi connectivity index (χ2n) is 3.55. The van der Waals surface area contributed by atoms with E-state index in [4.69, 9.17) is 0 Å². The molecular formula is C9H18N2O. The third kappa shape index (κ3) is 2.81. The standard InChI is InChI=1S/C9H18N2O/c1-8(12)11(2)7-9-5-3-4-6-10-9/h9-10H,3-7H2,1-2H3/t9-/m0/s1. The predicted molar refractivity (Wildman–Crippen MR) is 49.0 cm³/mol. The zero-order valence-corrected chi connectivity index (χ0v) is 7.97. The van der Waals surface area contributed by atoms with Crippen LogP contribution < -0.4 is 5.32 Å². The zero-order chi connectivity index (χ0) is 8.97. The Morgan fingerprint density at radius 3 is 2.83 bits per heavy atom. The van der Waals surface area contributed by atoms with E-state index in [2.05, 4.69) is 5.32 Å². The van der Waals surface area contributed by atoms with Gasteiger partial charge >= 0.3 is 0 Å². The molecule has 1 aliphatic rings. The molecule has 1 amide bonds. The van der Waals surface area contributed by atoms with Gasteiger partial charge in [-0.2, -0.15) is 0 Å². The lowest BCUT2D eigenvalue weighted by molar-refractivity contribution is -0.127. The Hall–Kier alpha value is -0.570. The first-order valence-electron chi connectivity index (χ1n) is 4.65. The molecule has 3 heteroatoms. The van der Waals surface area contributed by atoms with Gasteiger partial charge in [-0.3, -0.25) is 4.79 Å². The first-order chi connectivity index (χ1) is 5.70. The Morgan fingerprint density at radius 2 is 2.33 bits per heavy atom. The smallest absolute Gasteiger partial charge is 0.219 e. The number of amides is 1. The van der Waals surface area contributed by atoms with Crippen LogP contribution in [0.2, 0.25) is 0 Å². The summed E-state index contributed by atoms with van der Waals surface area (Å²) in [5, 5.41) is 3.41. The van der Waals surface area contributed by atoms with Crippen molar-refractivity contribution in [3.05, 3.63) is 0 Å². The number of nitrogens with one attached hydrogen (secondary N) is 1. The third-order valence-electron chi connectivity index (χ3n) is 2.44. The fourth-order valence-corrected chi connectivity index (χ4v) is 1.54. The van der Waals surface area contributed by atoms with Crippen LogP contribution in [0.5, 0.6) is 0 Å². The highest BCUT2D eigenvalue weighted by molar-refractivity contribution is 5.72. The highest BCUT2D eigenvalue weighted by Crippen LogP contribution is 2.07. The molecule has 1 saturated heterocycles. The molecule has 0 aromatic rings. The van der Waals surface area contributed by atoms with E-state index in [0.29, 0.717) is 6.04 Å². The molecule has 1 rings (SSSR count). The van der Waals surface area contributed by atoms with Crippen LogP contribution in [-0.2, 0) is 4.79 Å². The summed E-state index contributed by atoms with van der Waals surface area (Å²) in [6, 6.07) is 0.521. The van der Waals surface area contributed by atoms with Gasteiger partial charge in [-0.05, 0) is 19.4 Å². The van der Waals surface area contributed by atoms with Crippen LogP contribution >= 0.6 is 0 Å². The fraction of sp³-hybridized carbons (Fsp3) is 0.889. The molecule has 70 valence electrons. The minimum Gasteiger partial charge on any atom is -0.344 e. The van der Waals surface area contributed by atoms with Gasteiger partial charge in [-0.1, -0.05) is 6.42 Å². The Kier molecular flexibility index (Phi) is 3.53. The average molecular weight is 170 g/mol. The van der Waals surface area contributed by atoms with Gasteiger partial charge in [0, 0.05) is 26.6 Å². The zero-order valence-electron chi connectivity index (χ0n) is 7.97. The Morgan fingerprint density at radius 1 is 1.58 bits per heavy atom. The van der Waals surface area contributed by atoms with Gasteiger partial charge in [0.05, 0.1) is 0 Å². The molecule has 0 aromatic carbocycles. The van der Waals surface area contributed by atoms with Gasteiger partial charge < -0.3 is 10.2 Å². The monoisotopic (exact) mass is 170 g/mol. The summed E-state index contributed by atoms with van der Waals surface area (Å²) in [6.07, 6.45) is 3.78. The van der Waals surface area contributed by atoms with E-state index in [0.717, 1.165) is 13.1 Å². The number of piperidine rings is 1. The maximum atomic E-state index is 10.9. The van der Waals surface area contributed by atoms with Crippen LogP contribution in [-0.4, -0.2) is 37.0 Å². The molecule has 1 atom stereocenters. The van der Waals surface area contributed by atoms with Gasteiger partial charge in [0.1, 0.15) is 0 Å². The van der Waals surface area contributed by atoms with Crippen molar-refractivity contribution in [2.75, 3.05) is 20.1 Å². The maximum Gasteiger partial charge on any atom is 0.219 e. The van der Waals surface area contributed by atoms with Crippen LogP contribution in [0.3, 0.4) is 0 Å². The lowest BCUT2D eigenvalue weighted by Crippen LogP contribution is -2.43. The number of hydrogen-bond donors (Lipinski definition) is 1. The Balaban J connectivity index is 2.24. The first kappa shape index (κ1) is 9.52. The molecular weight excluding hydrogens is 152 g/mol. The van der Waals surface area contributed by atoms with Gasteiger partial charge in [-0.25, -0.2) is 0 Å². The highest BCUT2D eigenvalue weighted by Gasteiger charge is 2.15. The second kappa shape index (κ2) is 4.45. The van der Waals surface area contributed by atoms with Crippen molar-refractivity contribution in [2.24, 2.45) is 0 Å². The van der Waals surface area contributed by atoms with Crippen LogP contribution in [0.15, 0.2) is 0 Å². The van der Waals surface area contributed by atoms with Crippen LogP contribution in [0, 0.1) is 0 Å². The van der Waals surface area contributed by atoms with Crippen molar-refractivity contribution < 1.29 is 4.79 Å². The molecule has 0 spiro atoms. The summed E-state index contributed by atoms with van der Waals surface area (Å²) in [5.41, 5.74) is 0. The molecule has 3 nitrogen and oxygen atoms in total. The minimum absolute atomic E-state index is 0.155. The van der Waals surface area contributed by atoms with E-state index in [-0.39, 0.29) is 5.91 Å². The van der Waals surface area contributed by atoms with Gasteiger partial charge in [0.25, 0.3) is 0 Å². The highest BCUT2D eigenvalue weighted by atomic mass is 16.2. The summed E-state index contributed by atoms with van der Waals surface area (Å²) in [6.45, 7) is 3.58. The van der Waals surface area contributed by atoms with Crippen molar-refractivity contribution in [1.29, 1.82) is 0 Å². The molecule has 12 heavy (non-hydrogen) atoms. The topological polar surface area (TPSA) is 32.3 Å². The summed E-state index contributed by atoms with van der Waals surface area (Å²) in [5.74, 6) is 0.155. The molecule has 0 saturated carbocycles. The number of rotatable bonds is 2. The molecule has 1 fully saturated rings. The lowest BCUT2D eigenvalue weighted by atomic mass is 10.0. The fourth-order valence-electron chi connectivity index (χ4n) is 1.54. The normalized spacial score (nSPS) is 23.7. The second-order valence-corrected chi connectivity index (χ2v) is 3.55. The maximum absolute atomic E-state index is 10.9. The molecule has 0 aliphatic carbocycles. The first-order valence-corrected chi connectivity index (χ1v) is 4.65. The molecule has 1 aliphatic heterocycles. The molecule has 0 unspecified atom stereocenters. The van der Waals surface area contributed by atoms with Crippen LogP contribution in [0.4, 0.5) is 0 Å². The lowest BCUT2D eigenvalue weighted by Gasteiger charge is -2.27. The van der Waals surface area contributed by atoms with E-state index >= 15 is 0 Å². The SMILES string of the molecule is CC(=O)N(C)C[C@@H]1CCCCN1. The molecule has 0 bridgehead atoms. The van der Waals surface area contributed by atoms with Crippen LogP contribution in [0.25, 0.3) is 0 Å². The van der Waals surface area contributed by atoms with Crippen molar-refractivity contribution >= 4 is 5.91 Å². The van der Waals surface area contributed by atoms with Crippen molar-refractivity contribution in [3.63, 3.8) is 0 Å². The summed E-state index contributed by atoms with van der Waals surface area (Å²) >= 11 is 0. The van der Waals surface area contributed by atoms with E-state index in [1.807, 2.05) is 7.05 Å². The number of likely N-dealkylation sites (N-methyl/N-ethyl adjacent to an activating group) is 1. The van der Waals surface area contributed by atoms with Gasteiger partial charge in [0.15, 0.2) is 0 Å². The molecule has 1 heterocycles. The van der Waals surface area contributed by atoms with Crippen molar-refractivity contribution in [1.82, 2.24) is 10.2 Å². The number of carbonyl (C=O) groups excluding carboxylic acids is 1. The Labute approximate surface area is 74.1 Å². The van der Waals surface area contributed by atoms with E-state index < -0.39 is 0 Å².